The summed E-state index contributed by atoms with van der Waals surface area (Å²) < 4.78 is 31.5. The highest BCUT2D eigenvalue weighted by atomic mass is 79.9. The molecule has 0 aromatic heterocycles. The molecule has 102 valence electrons. The molecule has 1 unspecified atom stereocenters. The second kappa shape index (κ2) is 6.63. The maximum atomic E-state index is 12.0. The van der Waals surface area contributed by atoms with Crippen LogP contribution in [-0.2, 0) is 14.8 Å². The number of rotatable bonds is 6. The van der Waals surface area contributed by atoms with Crippen molar-refractivity contribution in [3.05, 3.63) is 28.2 Å². The third kappa shape index (κ3) is 4.33. The van der Waals surface area contributed by atoms with Gasteiger partial charge >= 0.3 is 0 Å². The van der Waals surface area contributed by atoms with Crippen molar-refractivity contribution in [3.63, 3.8) is 0 Å². The van der Waals surface area contributed by atoms with Crippen LogP contribution in [0.4, 0.5) is 0 Å². The summed E-state index contributed by atoms with van der Waals surface area (Å²) in [6, 6.07) is 4.95. The van der Waals surface area contributed by atoms with Gasteiger partial charge in [-0.15, -0.1) is 0 Å². The molecule has 0 saturated carbocycles. The van der Waals surface area contributed by atoms with Gasteiger partial charge in [0.1, 0.15) is 0 Å². The maximum Gasteiger partial charge on any atom is 0.241 e. The first kappa shape index (κ1) is 15.6. The van der Waals surface area contributed by atoms with Crippen LogP contribution in [0.2, 0.25) is 0 Å². The molecule has 18 heavy (non-hydrogen) atoms. The smallest absolute Gasteiger partial charge is 0.241 e. The first-order valence-corrected chi connectivity index (χ1v) is 7.57. The van der Waals surface area contributed by atoms with Crippen molar-refractivity contribution in [3.8, 4) is 0 Å². The first-order chi connectivity index (χ1) is 8.36. The van der Waals surface area contributed by atoms with Crippen LogP contribution < -0.4 is 4.72 Å². The number of sulfonamides is 1. The molecule has 2 N–H and O–H groups in total. The summed E-state index contributed by atoms with van der Waals surface area (Å²) in [5.41, 5.74) is 0.959. The molecule has 0 fully saturated rings. The van der Waals surface area contributed by atoms with Gasteiger partial charge in [-0.1, -0.05) is 6.07 Å². The van der Waals surface area contributed by atoms with E-state index < -0.39 is 16.1 Å². The molecule has 1 rings (SSSR count). The van der Waals surface area contributed by atoms with Crippen LogP contribution in [0.1, 0.15) is 5.56 Å². The van der Waals surface area contributed by atoms with E-state index in [1.54, 1.807) is 12.1 Å². The highest BCUT2D eigenvalue weighted by molar-refractivity contribution is 9.10. The van der Waals surface area contributed by atoms with Gasteiger partial charge in [-0.25, -0.2) is 13.1 Å². The van der Waals surface area contributed by atoms with Crippen LogP contribution in [0.15, 0.2) is 27.6 Å². The van der Waals surface area contributed by atoms with Crippen molar-refractivity contribution >= 4 is 26.0 Å². The lowest BCUT2D eigenvalue weighted by Gasteiger charge is -2.12. The number of halogens is 1. The lowest BCUT2D eigenvalue weighted by atomic mass is 10.2. The van der Waals surface area contributed by atoms with Gasteiger partial charge in [0.15, 0.2) is 0 Å². The van der Waals surface area contributed by atoms with E-state index in [0.717, 1.165) is 5.56 Å². The number of nitrogens with one attached hydrogen (secondary N) is 1. The Morgan fingerprint density at radius 2 is 2.17 bits per heavy atom. The van der Waals surface area contributed by atoms with Crippen molar-refractivity contribution in [1.29, 1.82) is 0 Å². The van der Waals surface area contributed by atoms with Crippen LogP contribution in [-0.4, -0.2) is 39.9 Å². The van der Waals surface area contributed by atoms with E-state index >= 15 is 0 Å². The summed E-state index contributed by atoms with van der Waals surface area (Å²) in [5, 5.41) is 9.41. The quantitative estimate of drug-likeness (QED) is 0.813. The molecule has 0 aliphatic heterocycles. The highest BCUT2D eigenvalue weighted by Gasteiger charge is 2.18. The molecular formula is C11H16BrNO4S. The Hall–Kier alpha value is -0.470. The lowest BCUT2D eigenvalue weighted by molar-refractivity contribution is 0.0679. The minimum Gasteiger partial charge on any atom is -0.389 e. The van der Waals surface area contributed by atoms with Crippen molar-refractivity contribution in [2.45, 2.75) is 17.9 Å². The predicted molar refractivity (Wildman–Crippen MR) is 72.0 cm³/mol. The Balaban J connectivity index is 2.80. The number of methoxy groups -OCH3 is 1. The molecule has 0 bridgehead atoms. The molecule has 0 saturated heterocycles. The van der Waals surface area contributed by atoms with Gasteiger partial charge in [0.2, 0.25) is 10.0 Å². The Kier molecular flexibility index (Phi) is 5.74. The van der Waals surface area contributed by atoms with E-state index in [1.807, 2.05) is 6.92 Å². The fourth-order valence-corrected chi connectivity index (χ4v) is 3.62. The van der Waals surface area contributed by atoms with Gasteiger partial charge in [-0.05, 0) is 40.5 Å². The van der Waals surface area contributed by atoms with E-state index in [9.17, 15) is 13.5 Å². The first-order valence-electron chi connectivity index (χ1n) is 5.29. The zero-order valence-electron chi connectivity index (χ0n) is 10.2. The monoisotopic (exact) mass is 337 g/mol. The molecular weight excluding hydrogens is 322 g/mol. The molecule has 0 spiro atoms. The number of benzene rings is 1. The zero-order valence-corrected chi connectivity index (χ0v) is 12.6. The van der Waals surface area contributed by atoms with E-state index in [-0.39, 0.29) is 18.0 Å². The molecule has 0 radical (unpaired) electrons. The summed E-state index contributed by atoms with van der Waals surface area (Å²) in [6.07, 6.45) is -0.867. The van der Waals surface area contributed by atoms with Crippen LogP contribution in [0.5, 0.6) is 0 Å². The zero-order chi connectivity index (χ0) is 13.8. The van der Waals surface area contributed by atoms with Crippen molar-refractivity contribution in [1.82, 2.24) is 4.72 Å². The lowest BCUT2D eigenvalue weighted by Crippen LogP contribution is -2.34. The normalized spacial score (nSPS) is 13.6. The van der Waals surface area contributed by atoms with Crippen LogP contribution >= 0.6 is 15.9 Å². The molecule has 1 aromatic carbocycles. The SMILES string of the molecule is COCC(O)CNS(=O)(=O)c1ccc(C)cc1Br. The number of ether oxygens (including phenoxy) is 1. The number of aliphatic hydroxyl groups is 1. The standard InChI is InChI=1S/C11H16BrNO4S/c1-8-3-4-11(10(12)5-8)18(15,16)13-6-9(14)7-17-2/h3-5,9,13-14H,6-7H2,1-2H3. The van der Waals surface area contributed by atoms with Crippen molar-refractivity contribution < 1.29 is 18.3 Å². The summed E-state index contributed by atoms with van der Waals surface area (Å²) in [5.74, 6) is 0. The number of aliphatic hydroxyl groups excluding tert-OH is 1. The number of hydrogen-bond acceptors (Lipinski definition) is 4. The second-order valence-corrected chi connectivity index (χ2v) is 6.48. The minimum atomic E-state index is -3.63. The molecule has 5 nitrogen and oxygen atoms in total. The van der Waals surface area contributed by atoms with Gasteiger partial charge in [0.25, 0.3) is 0 Å². The topological polar surface area (TPSA) is 75.6 Å². The second-order valence-electron chi connectivity index (χ2n) is 3.89. The molecule has 1 atom stereocenters. The summed E-state index contributed by atoms with van der Waals surface area (Å²) >= 11 is 3.21. The summed E-state index contributed by atoms with van der Waals surface area (Å²) in [6.45, 7) is 1.87. The van der Waals surface area contributed by atoms with E-state index in [0.29, 0.717) is 4.47 Å². The third-order valence-electron chi connectivity index (χ3n) is 2.24. The van der Waals surface area contributed by atoms with Gasteiger partial charge in [-0.2, -0.15) is 0 Å². The van der Waals surface area contributed by atoms with Gasteiger partial charge in [-0.3, -0.25) is 0 Å². The molecule has 1 aromatic rings. The average Bonchev–Trinajstić information content (AvgIpc) is 2.26. The van der Waals surface area contributed by atoms with E-state index in [2.05, 4.69) is 20.7 Å². The average molecular weight is 338 g/mol. The number of hydrogen-bond donors (Lipinski definition) is 2. The van der Waals surface area contributed by atoms with Gasteiger partial charge in [0, 0.05) is 18.1 Å². The van der Waals surface area contributed by atoms with Gasteiger partial charge in [0.05, 0.1) is 17.6 Å². The van der Waals surface area contributed by atoms with E-state index in [4.69, 9.17) is 4.74 Å². The maximum absolute atomic E-state index is 12.0. The molecule has 0 heterocycles. The number of aryl methyl sites for hydroxylation is 1. The molecule has 0 aliphatic rings. The van der Waals surface area contributed by atoms with Crippen LogP contribution in [0, 0.1) is 6.92 Å². The summed E-state index contributed by atoms with van der Waals surface area (Å²) in [4.78, 5) is 0.151. The largest absolute Gasteiger partial charge is 0.389 e. The fraction of sp³-hybridized carbons (Fsp3) is 0.455. The molecule has 0 amide bonds. The van der Waals surface area contributed by atoms with Gasteiger partial charge < -0.3 is 9.84 Å². The molecule has 7 heteroatoms. The Bertz CT molecular complexity index is 504. The minimum absolute atomic E-state index is 0.0809. The Morgan fingerprint density at radius 1 is 1.50 bits per heavy atom. The molecule has 0 aliphatic carbocycles. The van der Waals surface area contributed by atoms with Crippen molar-refractivity contribution in [2.75, 3.05) is 20.3 Å². The Morgan fingerprint density at radius 3 is 2.72 bits per heavy atom. The predicted octanol–water partition coefficient (Wildman–Crippen LogP) is 1.04. The van der Waals surface area contributed by atoms with Crippen molar-refractivity contribution in [2.24, 2.45) is 0 Å². The Labute approximate surface area is 115 Å². The highest BCUT2D eigenvalue weighted by Crippen LogP contribution is 2.22. The van der Waals surface area contributed by atoms with Crippen LogP contribution in [0.3, 0.4) is 0 Å². The van der Waals surface area contributed by atoms with Crippen LogP contribution in [0.25, 0.3) is 0 Å². The summed E-state index contributed by atoms with van der Waals surface area (Å²) in [7, 11) is -2.19. The van der Waals surface area contributed by atoms with E-state index in [1.165, 1.54) is 13.2 Å². The fourth-order valence-electron chi connectivity index (χ4n) is 1.36. The third-order valence-corrected chi connectivity index (χ3v) is 4.65.